The van der Waals surface area contributed by atoms with Crippen molar-refractivity contribution in [3.8, 4) is 0 Å². The van der Waals surface area contributed by atoms with Gasteiger partial charge < -0.3 is 10.1 Å². The minimum atomic E-state index is 0.472. The summed E-state index contributed by atoms with van der Waals surface area (Å²) in [6.45, 7) is 8.21. The number of nitrogens with zero attached hydrogens (tertiary/aromatic N) is 1. The van der Waals surface area contributed by atoms with Crippen LogP contribution in [-0.2, 0) is 4.74 Å². The van der Waals surface area contributed by atoms with Gasteiger partial charge in [0.25, 0.3) is 0 Å². The van der Waals surface area contributed by atoms with Gasteiger partial charge in [0.15, 0.2) is 0 Å². The van der Waals surface area contributed by atoms with E-state index in [9.17, 15) is 0 Å². The van der Waals surface area contributed by atoms with Crippen LogP contribution in [0.15, 0.2) is 0 Å². The van der Waals surface area contributed by atoms with Gasteiger partial charge in [-0.25, -0.2) is 0 Å². The molecule has 2 atom stereocenters. The number of rotatable bonds is 3. The fraction of sp³-hybridized carbons (Fsp3) is 1.00. The summed E-state index contributed by atoms with van der Waals surface area (Å²) in [4.78, 5) is 2.71. The van der Waals surface area contributed by atoms with Crippen LogP contribution < -0.4 is 5.32 Å². The third kappa shape index (κ3) is 2.59. The van der Waals surface area contributed by atoms with E-state index in [1.54, 1.807) is 0 Å². The Kier molecular flexibility index (Phi) is 3.92. The molecule has 0 aromatic heterocycles. The molecule has 1 saturated carbocycles. The van der Waals surface area contributed by atoms with Crippen molar-refractivity contribution in [1.29, 1.82) is 0 Å². The molecule has 2 heterocycles. The number of ether oxygens (including phenoxy) is 1. The minimum Gasteiger partial charge on any atom is -0.378 e. The Morgan fingerprint density at radius 2 is 2.17 bits per heavy atom. The quantitative estimate of drug-likeness (QED) is 0.831. The van der Waals surface area contributed by atoms with Crippen molar-refractivity contribution in [2.45, 2.75) is 57.1 Å². The zero-order valence-corrected chi connectivity index (χ0v) is 11.8. The molecule has 104 valence electrons. The van der Waals surface area contributed by atoms with Crippen molar-refractivity contribution in [2.24, 2.45) is 5.92 Å². The zero-order valence-electron chi connectivity index (χ0n) is 11.8. The summed E-state index contributed by atoms with van der Waals surface area (Å²) in [5.74, 6) is 0.784. The van der Waals surface area contributed by atoms with Crippen LogP contribution in [-0.4, -0.2) is 49.3 Å². The molecular weight excluding hydrogens is 224 g/mol. The number of hydrogen-bond acceptors (Lipinski definition) is 3. The molecule has 3 aliphatic rings. The first-order chi connectivity index (χ1) is 8.81. The van der Waals surface area contributed by atoms with E-state index in [1.807, 2.05) is 0 Å². The molecule has 1 aliphatic carbocycles. The average Bonchev–Trinajstić information content (AvgIpc) is 2.99. The number of piperazine rings is 1. The van der Waals surface area contributed by atoms with Crippen molar-refractivity contribution >= 4 is 0 Å². The average molecular weight is 252 g/mol. The van der Waals surface area contributed by atoms with Gasteiger partial charge in [-0.1, -0.05) is 19.8 Å². The second kappa shape index (κ2) is 5.48. The maximum Gasteiger partial charge on any atom is 0.0613 e. The van der Waals surface area contributed by atoms with Gasteiger partial charge in [-0.3, -0.25) is 4.90 Å². The largest absolute Gasteiger partial charge is 0.378 e. The topological polar surface area (TPSA) is 24.5 Å². The molecule has 3 fully saturated rings. The predicted octanol–water partition coefficient (Wildman–Crippen LogP) is 2.02. The lowest BCUT2D eigenvalue weighted by Gasteiger charge is -2.42. The fourth-order valence-corrected chi connectivity index (χ4v) is 4.27. The Morgan fingerprint density at radius 1 is 1.33 bits per heavy atom. The minimum absolute atomic E-state index is 0.472. The van der Waals surface area contributed by atoms with Crippen molar-refractivity contribution in [2.75, 3.05) is 32.8 Å². The second-order valence-electron chi connectivity index (χ2n) is 6.52. The third-order valence-electron chi connectivity index (χ3n) is 5.26. The highest BCUT2D eigenvalue weighted by molar-refractivity contribution is 4.98. The van der Waals surface area contributed by atoms with E-state index in [0.717, 1.165) is 12.5 Å². The summed E-state index contributed by atoms with van der Waals surface area (Å²) in [5, 5.41) is 3.80. The van der Waals surface area contributed by atoms with E-state index < -0.39 is 0 Å². The standard InChI is InChI=1S/C15H28N2O/c1-2-14-13(5-10-18-14)11-17-9-8-16-15(12-17)6-3-4-7-15/h13-14,16H,2-12H2,1H3. The van der Waals surface area contributed by atoms with Crippen molar-refractivity contribution in [3.63, 3.8) is 0 Å². The van der Waals surface area contributed by atoms with Gasteiger partial charge in [0, 0.05) is 38.3 Å². The van der Waals surface area contributed by atoms with Crippen LogP contribution in [0.4, 0.5) is 0 Å². The van der Waals surface area contributed by atoms with Gasteiger partial charge >= 0.3 is 0 Å². The highest BCUT2D eigenvalue weighted by Gasteiger charge is 2.39. The van der Waals surface area contributed by atoms with E-state index in [0.29, 0.717) is 11.6 Å². The molecule has 0 amide bonds. The first-order valence-electron chi connectivity index (χ1n) is 7.90. The summed E-state index contributed by atoms with van der Waals surface area (Å²) in [6, 6.07) is 0. The normalized spacial score (nSPS) is 36.5. The van der Waals surface area contributed by atoms with Crippen LogP contribution >= 0.6 is 0 Å². The van der Waals surface area contributed by atoms with Crippen LogP contribution in [0.25, 0.3) is 0 Å². The van der Waals surface area contributed by atoms with Gasteiger partial charge in [-0.2, -0.15) is 0 Å². The summed E-state index contributed by atoms with van der Waals surface area (Å²) < 4.78 is 5.83. The molecule has 0 radical (unpaired) electrons. The molecule has 2 unspecified atom stereocenters. The summed E-state index contributed by atoms with van der Waals surface area (Å²) in [6.07, 6.45) is 8.61. The van der Waals surface area contributed by atoms with Crippen LogP contribution in [0.5, 0.6) is 0 Å². The van der Waals surface area contributed by atoms with Crippen molar-refractivity contribution in [3.05, 3.63) is 0 Å². The Morgan fingerprint density at radius 3 is 2.94 bits per heavy atom. The predicted molar refractivity (Wildman–Crippen MR) is 73.8 cm³/mol. The number of hydrogen-bond donors (Lipinski definition) is 1. The Hall–Kier alpha value is -0.120. The van der Waals surface area contributed by atoms with Gasteiger partial charge in [-0.15, -0.1) is 0 Å². The lowest BCUT2D eigenvalue weighted by Crippen LogP contribution is -2.59. The first kappa shape index (κ1) is 12.9. The maximum atomic E-state index is 5.83. The third-order valence-corrected chi connectivity index (χ3v) is 5.26. The molecule has 1 spiro atoms. The Labute approximate surface area is 111 Å². The molecule has 2 aliphatic heterocycles. The smallest absolute Gasteiger partial charge is 0.0613 e. The van der Waals surface area contributed by atoms with Gasteiger partial charge in [0.05, 0.1) is 6.10 Å². The summed E-state index contributed by atoms with van der Waals surface area (Å²) >= 11 is 0. The highest BCUT2D eigenvalue weighted by Crippen LogP contribution is 2.33. The SMILES string of the molecule is CCC1OCCC1CN1CCNC2(CCCC2)C1. The maximum absolute atomic E-state index is 5.83. The monoisotopic (exact) mass is 252 g/mol. The van der Waals surface area contributed by atoms with E-state index in [2.05, 4.69) is 17.1 Å². The fourth-order valence-electron chi connectivity index (χ4n) is 4.27. The summed E-state index contributed by atoms with van der Waals surface area (Å²) in [5.41, 5.74) is 0.472. The van der Waals surface area contributed by atoms with Crippen molar-refractivity contribution < 1.29 is 4.74 Å². The molecule has 3 heteroatoms. The highest BCUT2D eigenvalue weighted by atomic mass is 16.5. The zero-order chi connectivity index (χ0) is 12.4. The molecule has 0 aromatic rings. The molecular formula is C15H28N2O. The van der Waals surface area contributed by atoms with Crippen LogP contribution in [0.3, 0.4) is 0 Å². The second-order valence-corrected chi connectivity index (χ2v) is 6.52. The molecule has 3 rings (SSSR count). The molecule has 1 N–H and O–H groups in total. The van der Waals surface area contributed by atoms with E-state index in [-0.39, 0.29) is 0 Å². The Balaban J connectivity index is 1.56. The molecule has 0 aromatic carbocycles. The summed E-state index contributed by atoms with van der Waals surface area (Å²) in [7, 11) is 0. The van der Waals surface area contributed by atoms with Gasteiger partial charge in [0.2, 0.25) is 0 Å². The lowest BCUT2D eigenvalue weighted by molar-refractivity contribution is 0.0614. The molecule has 0 bridgehead atoms. The molecule has 3 nitrogen and oxygen atoms in total. The van der Waals surface area contributed by atoms with E-state index in [1.165, 1.54) is 64.7 Å². The number of nitrogens with one attached hydrogen (secondary N) is 1. The van der Waals surface area contributed by atoms with Gasteiger partial charge in [-0.05, 0) is 31.6 Å². The molecule has 2 saturated heterocycles. The van der Waals surface area contributed by atoms with Crippen LogP contribution in [0.1, 0.15) is 45.4 Å². The van der Waals surface area contributed by atoms with E-state index in [4.69, 9.17) is 4.74 Å². The van der Waals surface area contributed by atoms with Crippen LogP contribution in [0.2, 0.25) is 0 Å². The van der Waals surface area contributed by atoms with Crippen molar-refractivity contribution in [1.82, 2.24) is 10.2 Å². The first-order valence-corrected chi connectivity index (χ1v) is 7.90. The molecule has 18 heavy (non-hydrogen) atoms. The van der Waals surface area contributed by atoms with Gasteiger partial charge in [0.1, 0.15) is 0 Å². The lowest BCUT2D eigenvalue weighted by atomic mass is 9.92. The van der Waals surface area contributed by atoms with Crippen LogP contribution in [0, 0.1) is 5.92 Å². The Bertz CT molecular complexity index is 276. The van der Waals surface area contributed by atoms with E-state index >= 15 is 0 Å².